The van der Waals surface area contributed by atoms with Crippen molar-refractivity contribution >= 4 is 5.69 Å². The lowest BCUT2D eigenvalue weighted by atomic mass is 10.1. The Morgan fingerprint density at radius 1 is 1.12 bits per heavy atom. The summed E-state index contributed by atoms with van der Waals surface area (Å²) in [6.45, 7) is 0. The third kappa shape index (κ3) is 1.71. The number of hydrogen-bond acceptors (Lipinski definition) is 2. The Morgan fingerprint density at radius 3 is 2.56 bits per heavy atom. The second-order valence-electron chi connectivity index (χ2n) is 3.21. The molecule has 0 aliphatic heterocycles. The van der Waals surface area contributed by atoms with Crippen LogP contribution in [0.4, 0.5) is 18.9 Å². The lowest BCUT2D eigenvalue weighted by Crippen LogP contribution is -1.96. The Kier molecular flexibility index (Phi) is 2.52. The zero-order chi connectivity index (χ0) is 11.7. The van der Waals surface area contributed by atoms with Crippen molar-refractivity contribution < 1.29 is 13.2 Å². The third-order valence-electron chi connectivity index (χ3n) is 2.13. The van der Waals surface area contributed by atoms with E-state index >= 15 is 0 Å². The van der Waals surface area contributed by atoms with Crippen molar-refractivity contribution in [1.82, 2.24) is 4.98 Å². The summed E-state index contributed by atoms with van der Waals surface area (Å²) >= 11 is 0. The van der Waals surface area contributed by atoms with Crippen molar-refractivity contribution in [2.75, 3.05) is 5.73 Å². The van der Waals surface area contributed by atoms with Gasteiger partial charge in [0.15, 0.2) is 11.6 Å². The van der Waals surface area contributed by atoms with Crippen LogP contribution < -0.4 is 5.73 Å². The summed E-state index contributed by atoms with van der Waals surface area (Å²) in [5, 5.41) is 0. The third-order valence-corrected chi connectivity index (χ3v) is 2.13. The van der Waals surface area contributed by atoms with Gasteiger partial charge in [-0.25, -0.2) is 13.8 Å². The SMILES string of the molecule is Nc1cc(-c2cccc(F)c2F)cnc1F. The fourth-order valence-electron chi connectivity index (χ4n) is 1.34. The molecule has 0 aliphatic carbocycles. The Labute approximate surface area is 89.5 Å². The number of anilines is 1. The van der Waals surface area contributed by atoms with E-state index < -0.39 is 17.6 Å². The molecule has 1 aromatic carbocycles. The summed E-state index contributed by atoms with van der Waals surface area (Å²) in [7, 11) is 0. The van der Waals surface area contributed by atoms with E-state index in [1.807, 2.05) is 0 Å². The Bertz CT molecular complexity index is 541. The zero-order valence-electron chi connectivity index (χ0n) is 8.05. The molecule has 5 heteroatoms. The average Bonchev–Trinajstić information content (AvgIpc) is 2.26. The number of nitrogens with two attached hydrogens (primary N) is 1. The fourth-order valence-corrected chi connectivity index (χ4v) is 1.34. The van der Waals surface area contributed by atoms with Gasteiger partial charge < -0.3 is 5.73 Å². The van der Waals surface area contributed by atoms with Gasteiger partial charge in [-0.3, -0.25) is 0 Å². The molecule has 0 saturated heterocycles. The van der Waals surface area contributed by atoms with Gasteiger partial charge in [0.25, 0.3) is 0 Å². The summed E-state index contributed by atoms with van der Waals surface area (Å²) in [6.07, 6.45) is 1.10. The molecule has 0 bridgehead atoms. The zero-order valence-corrected chi connectivity index (χ0v) is 8.05. The van der Waals surface area contributed by atoms with Gasteiger partial charge in [-0.2, -0.15) is 4.39 Å². The first-order valence-electron chi connectivity index (χ1n) is 4.45. The predicted octanol–water partition coefficient (Wildman–Crippen LogP) is 2.75. The van der Waals surface area contributed by atoms with Gasteiger partial charge in [0.2, 0.25) is 5.95 Å². The number of rotatable bonds is 1. The minimum atomic E-state index is -1.00. The van der Waals surface area contributed by atoms with Crippen LogP contribution in [0.25, 0.3) is 11.1 Å². The summed E-state index contributed by atoms with van der Waals surface area (Å²) in [4.78, 5) is 3.35. The lowest BCUT2D eigenvalue weighted by molar-refractivity contribution is 0.511. The van der Waals surface area contributed by atoms with Crippen LogP contribution in [0.3, 0.4) is 0 Å². The highest BCUT2D eigenvalue weighted by Crippen LogP contribution is 2.25. The van der Waals surface area contributed by atoms with Gasteiger partial charge in [0, 0.05) is 17.3 Å². The van der Waals surface area contributed by atoms with Crippen LogP contribution in [0.2, 0.25) is 0 Å². The largest absolute Gasteiger partial charge is 0.395 e. The van der Waals surface area contributed by atoms with Crippen molar-refractivity contribution in [2.24, 2.45) is 0 Å². The van der Waals surface area contributed by atoms with Crippen molar-refractivity contribution in [3.05, 3.63) is 48.0 Å². The van der Waals surface area contributed by atoms with E-state index in [4.69, 9.17) is 5.73 Å². The maximum absolute atomic E-state index is 13.4. The molecule has 0 radical (unpaired) electrons. The molecule has 0 atom stereocenters. The number of nitrogen functional groups attached to an aromatic ring is 1. The number of halogens is 3. The van der Waals surface area contributed by atoms with Gasteiger partial charge >= 0.3 is 0 Å². The monoisotopic (exact) mass is 224 g/mol. The molecule has 0 spiro atoms. The Morgan fingerprint density at radius 2 is 1.88 bits per heavy atom. The molecule has 0 aliphatic rings. The first-order chi connectivity index (χ1) is 7.59. The van der Waals surface area contributed by atoms with Crippen LogP contribution in [-0.4, -0.2) is 4.98 Å². The number of nitrogens with zero attached hydrogens (tertiary/aromatic N) is 1. The highest BCUT2D eigenvalue weighted by molar-refractivity contribution is 5.66. The molecule has 1 aromatic heterocycles. The molecule has 16 heavy (non-hydrogen) atoms. The van der Waals surface area contributed by atoms with Gasteiger partial charge in [0.1, 0.15) is 0 Å². The second kappa shape index (κ2) is 3.84. The molecule has 0 amide bonds. The van der Waals surface area contributed by atoms with Crippen LogP contribution in [0, 0.1) is 17.6 Å². The molecular formula is C11H7F3N2. The van der Waals surface area contributed by atoms with Gasteiger partial charge in [-0.1, -0.05) is 12.1 Å². The van der Waals surface area contributed by atoms with E-state index in [0.717, 1.165) is 12.3 Å². The Balaban J connectivity index is 2.59. The van der Waals surface area contributed by atoms with Crippen LogP contribution in [0.15, 0.2) is 30.5 Å². The molecule has 0 saturated carbocycles. The fraction of sp³-hybridized carbons (Fsp3) is 0. The van der Waals surface area contributed by atoms with E-state index in [1.54, 1.807) is 0 Å². The summed E-state index contributed by atoms with van der Waals surface area (Å²) in [5.41, 5.74) is 5.32. The quantitative estimate of drug-likeness (QED) is 0.756. The summed E-state index contributed by atoms with van der Waals surface area (Å²) < 4.78 is 39.1. The van der Waals surface area contributed by atoms with E-state index in [0.29, 0.717) is 0 Å². The number of pyridine rings is 1. The lowest BCUT2D eigenvalue weighted by Gasteiger charge is -2.04. The highest BCUT2D eigenvalue weighted by Gasteiger charge is 2.11. The van der Waals surface area contributed by atoms with Crippen LogP contribution in [0.5, 0.6) is 0 Å². The normalized spacial score (nSPS) is 10.4. The van der Waals surface area contributed by atoms with Crippen molar-refractivity contribution in [1.29, 1.82) is 0 Å². The summed E-state index contributed by atoms with van der Waals surface area (Å²) in [6, 6.07) is 4.93. The summed E-state index contributed by atoms with van der Waals surface area (Å²) in [5.74, 6) is -2.81. The number of aromatic nitrogens is 1. The number of benzene rings is 1. The average molecular weight is 224 g/mol. The minimum absolute atomic E-state index is 0.000741. The molecule has 0 unspecified atom stereocenters. The maximum Gasteiger partial charge on any atom is 0.236 e. The highest BCUT2D eigenvalue weighted by atomic mass is 19.2. The van der Waals surface area contributed by atoms with Crippen molar-refractivity contribution in [3.8, 4) is 11.1 Å². The first-order valence-corrected chi connectivity index (χ1v) is 4.45. The van der Waals surface area contributed by atoms with Gasteiger partial charge in [-0.05, 0) is 12.1 Å². The first kappa shape index (κ1) is 10.5. The van der Waals surface area contributed by atoms with Crippen molar-refractivity contribution in [2.45, 2.75) is 0 Å². The van der Waals surface area contributed by atoms with Gasteiger partial charge in [-0.15, -0.1) is 0 Å². The van der Waals surface area contributed by atoms with E-state index in [1.165, 1.54) is 18.2 Å². The second-order valence-corrected chi connectivity index (χ2v) is 3.21. The maximum atomic E-state index is 13.4. The number of hydrogen-bond donors (Lipinski definition) is 1. The van der Waals surface area contributed by atoms with Crippen LogP contribution >= 0.6 is 0 Å². The van der Waals surface area contributed by atoms with Crippen LogP contribution in [-0.2, 0) is 0 Å². The molecular weight excluding hydrogens is 217 g/mol. The smallest absolute Gasteiger partial charge is 0.236 e. The minimum Gasteiger partial charge on any atom is -0.395 e. The Hall–Kier alpha value is -2.04. The molecule has 2 aromatic rings. The topological polar surface area (TPSA) is 38.9 Å². The van der Waals surface area contributed by atoms with Crippen molar-refractivity contribution in [3.63, 3.8) is 0 Å². The predicted molar refractivity (Wildman–Crippen MR) is 54.0 cm³/mol. The van der Waals surface area contributed by atoms with E-state index in [9.17, 15) is 13.2 Å². The molecule has 82 valence electrons. The van der Waals surface area contributed by atoms with E-state index in [-0.39, 0.29) is 16.8 Å². The van der Waals surface area contributed by atoms with E-state index in [2.05, 4.69) is 4.98 Å². The molecule has 1 heterocycles. The molecule has 2 nitrogen and oxygen atoms in total. The van der Waals surface area contributed by atoms with Crippen LogP contribution in [0.1, 0.15) is 0 Å². The standard InChI is InChI=1S/C11H7F3N2/c12-8-3-1-2-7(10(8)13)6-4-9(15)11(14)16-5-6/h1-5H,15H2. The molecule has 2 N–H and O–H groups in total. The molecule has 2 rings (SSSR count). The van der Waals surface area contributed by atoms with Gasteiger partial charge in [0.05, 0.1) is 5.69 Å². The molecule has 0 fully saturated rings.